The molecule has 0 amide bonds. The Hall–Kier alpha value is -1.57. The predicted octanol–water partition coefficient (Wildman–Crippen LogP) is 4.86. The number of fused-ring (bicyclic) bond motifs is 2. The van der Waals surface area contributed by atoms with Crippen LogP contribution >= 0.6 is 0 Å². The summed E-state index contributed by atoms with van der Waals surface area (Å²) in [6, 6.07) is 9.31. The standard InChI is InChI=1S/C19H24N2/c1-2-8-14(9-3-1)20-19-15-10-4-6-12-17(15)21-18-13-7-5-11-16(18)19/h4,6,10,12,14H,1-3,5,7-9,11,13H2,(H,20,21). The van der Waals surface area contributed by atoms with Crippen LogP contribution in [0.1, 0.15) is 56.2 Å². The Labute approximate surface area is 127 Å². The van der Waals surface area contributed by atoms with E-state index in [9.17, 15) is 0 Å². The third kappa shape index (κ3) is 2.52. The van der Waals surface area contributed by atoms with Gasteiger partial charge in [-0.3, -0.25) is 4.98 Å². The number of hydrogen-bond donors (Lipinski definition) is 1. The van der Waals surface area contributed by atoms with Gasteiger partial charge in [0, 0.05) is 22.8 Å². The number of anilines is 1. The molecule has 110 valence electrons. The van der Waals surface area contributed by atoms with E-state index in [1.807, 2.05) is 0 Å². The van der Waals surface area contributed by atoms with Crippen LogP contribution in [0, 0.1) is 0 Å². The molecule has 0 atom stereocenters. The fourth-order valence-electron chi connectivity index (χ4n) is 3.99. The van der Waals surface area contributed by atoms with Gasteiger partial charge in [-0.2, -0.15) is 0 Å². The quantitative estimate of drug-likeness (QED) is 0.850. The number of benzene rings is 1. The smallest absolute Gasteiger partial charge is 0.0726 e. The highest BCUT2D eigenvalue weighted by Crippen LogP contribution is 2.35. The van der Waals surface area contributed by atoms with Gasteiger partial charge >= 0.3 is 0 Å². The highest BCUT2D eigenvalue weighted by Gasteiger charge is 2.21. The summed E-state index contributed by atoms with van der Waals surface area (Å²) in [5.41, 5.74) is 5.42. The lowest BCUT2D eigenvalue weighted by Crippen LogP contribution is -2.24. The lowest BCUT2D eigenvalue weighted by atomic mass is 9.90. The zero-order chi connectivity index (χ0) is 14.1. The Morgan fingerprint density at radius 1 is 0.905 bits per heavy atom. The molecule has 2 aliphatic rings. The van der Waals surface area contributed by atoms with Crippen LogP contribution in [0.25, 0.3) is 10.9 Å². The van der Waals surface area contributed by atoms with Gasteiger partial charge in [0.25, 0.3) is 0 Å². The normalized spacial score (nSPS) is 19.4. The van der Waals surface area contributed by atoms with Gasteiger partial charge in [0.05, 0.1) is 5.52 Å². The monoisotopic (exact) mass is 280 g/mol. The van der Waals surface area contributed by atoms with Gasteiger partial charge in [-0.25, -0.2) is 0 Å². The van der Waals surface area contributed by atoms with Gasteiger partial charge in [-0.15, -0.1) is 0 Å². The number of hydrogen-bond acceptors (Lipinski definition) is 2. The number of nitrogens with zero attached hydrogens (tertiary/aromatic N) is 1. The molecule has 1 aromatic heterocycles. The molecule has 1 aromatic carbocycles. The minimum absolute atomic E-state index is 0.663. The van der Waals surface area contributed by atoms with Crippen LogP contribution in [0.15, 0.2) is 24.3 Å². The number of para-hydroxylation sites is 1. The number of rotatable bonds is 2. The first-order valence-corrected chi connectivity index (χ1v) is 8.59. The summed E-state index contributed by atoms with van der Waals surface area (Å²) in [6.45, 7) is 0. The van der Waals surface area contributed by atoms with Gasteiger partial charge in [-0.05, 0) is 50.2 Å². The zero-order valence-corrected chi connectivity index (χ0v) is 12.7. The Morgan fingerprint density at radius 3 is 2.62 bits per heavy atom. The minimum Gasteiger partial charge on any atom is -0.381 e. The molecule has 0 unspecified atom stereocenters. The van der Waals surface area contributed by atoms with Gasteiger partial charge in [0.15, 0.2) is 0 Å². The second-order valence-electron chi connectivity index (χ2n) is 6.62. The first-order chi connectivity index (χ1) is 10.4. The molecule has 4 rings (SSSR count). The molecular formula is C19H24N2. The van der Waals surface area contributed by atoms with Crippen molar-refractivity contribution in [3.63, 3.8) is 0 Å². The van der Waals surface area contributed by atoms with Crippen molar-refractivity contribution >= 4 is 16.6 Å². The summed E-state index contributed by atoms with van der Waals surface area (Å²) in [4.78, 5) is 4.93. The SMILES string of the molecule is c1ccc2c(NC3CCCCC3)c3c(nc2c1)CCCC3. The van der Waals surface area contributed by atoms with Gasteiger partial charge in [0.2, 0.25) is 0 Å². The van der Waals surface area contributed by atoms with Crippen molar-refractivity contribution in [3.8, 4) is 0 Å². The van der Waals surface area contributed by atoms with E-state index in [1.165, 1.54) is 73.7 Å². The molecule has 21 heavy (non-hydrogen) atoms. The summed E-state index contributed by atoms with van der Waals surface area (Å²) < 4.78 is 0. The molecule has 2 aromatic rings. The third-order valence-electron chi connectivity index (χ3n) is 5.12. The second-order valence-corrected chi connectivity index (χ2v) is 6.62. The molecule has 0 aliphatic heterocycles. The highest BCUT2D eigenvalue weighted by molar-refractivity contribution is 5.93. The van der Waals surface area contributed by atoms with E-state index < -0.39 is 0 Å². The fourth-order valence-corrected chi connectivity index (χ4v) is 3.99. The second kappa shape index (κ2) is 5.67. The molecule has 0 spiro atoms. The van der Waals surface area contributed by atoms with Gasteiger partial charge < -0.3 is 5.32 Å². The maximum absolute atomic E-state index is 4.93. The van der Waals surface area contributed by atoms with E-state index in [1.54, 1.807) is 0 Å². The van der Waals surface area contributed by atoms with Crippen LogP contribution in [0.5, 0.6) is 0 Å². The maximum atomic E-state index is 4.93. The third-order valence-corrected chi connectivity index (χ3v) is 5.12. The highest BCUT2D eigenvalue weighted by atomic mass is 14.9. The van der Waals surface area contributed by atoms with Crippen LogP contribution in [-0.4, -0.2) is 11.0 Å². The molecule has 1 N–H and O–H groups in total. The fraction of sp³-hybridized carbons (Fsp3) is 0.526. The molecule has 1 fully saturated rings. The Bertz CT molecular complexity index is 641. The molecule has 2 heteroatoms. The maximum Gasteiger partial charge on any atom is 0.0726 e. The van der Waals surface area contributed by atoms with Crippen molar-refractivity contribution < 1.29 is 0 Å². The van der Waals surface area contributed by atoms with Gasteiger partial charge in [-0.1, -0.05) is 37.5 Å². The average molecular weight is 280 g/mol. The minimum atomic E-state index is 0.663. The van der Waals surface area contributed by atoms with Crippen molar-refractivity contribution in [3.05, 3.63) is 35.5 Å². The molecule has 2 nitrogen and oxygen atoms in total. The van der Waals surface area contributed by atoms with E-state index in [-0.39, 0.29) is 0 Å². The van der Waals surface area contributed by atoms with Crippen molar-refractivity contribution in [1.82, 2.24) is 4.98 Å². The van der Waals surface area contributed by atoms with Crippen molar-refractivity contribution in [2.75, 3.05) is 5.32 Å². The Morgan fingerprint density at radius 2 is 1.71 bits per heavy atom. The molecule has 0 radical (unpaired) electrons. The van der Waals surface area contributed by atoms with E-state index in [4.69, 9.17) is 4.98 Å². The van der Waals surface area contributed by atoms with Crippen LogP contribution in [0.3, 0.4) is 0 Å². The van der Waals surface area contributed by atoms with Crippen molar-refractivity contribution in [2.24, 2.45) is 0 Å². The molecular weight excluding hydrogens is 256 g/mol. The summed E-state index contributed by atoms with van der Waals surface area (Å²) in [6.07, 6.45) is 11.8. The Balaban J connectivity index is 1.80. The number of nitrogens with one attached hydrogen (secondary N) is 1. The summed E-state index contributed by atoms with van der Waals surface area (Å²) in [7, 11) is 0. The van der Waals surface area contributed by atoms with Crippen LogP contribution in [0.4, 0.5) is 5.69 Å². The number of aryl methyl sites for hydroxylation is 1. The van der Waals surface area contributed by atoms with E-state index in [2.05, 4.69) is 29.6 Å². The molecule has 0 bridgehead atoms. The van der Waals surface area contributed by atoms with E-state index in [0.29, 0.717) is 6.04 Å². The van der Waals surface area contributed by atoms with Crippen molar-refractivity contribution in [2.45, 2.75) is 63.8 Å². The summed E-state index contributed by atoms with van der Waals surface area (Å²) in [5, 5.41) is 5.23. The van der Waals surface area contributed by atoms with Crippen molar-refractivity contribution in [1.29, 1.82) is 0 Å². The predicted molar refractivity (Wildman–Crippen MR) is 88.9 cm³/mol. The van der Waals surface area contributed by atoms with E-state index >= 15 is 0 Å². The van der Waals surface area contributed by atoms with Gasteiger partial charge in [0.1, 0.15) is 0 Å². The lowest BCUT2D eigenvalue weighted by Gasteiger charge is -2.28. The van der Waals surface area contributed by atoms with Crippen LogP contribution in [0.2, 0.25) is 0 Å². The van der Waals surface area contributed by atoms with Crippen LogP contribution < -0.4 is 5.32 Å². The largest absolute Gasteiger partial charge is 0.381 e. The first-order valence-electron chi connectivity index (χ1n) is 8.59. The molecule has 1 heterocycles. The number of pyridine rings is 1. The summed E-state index contributed by atoms with van der Waals surface area (Å²) in [5.74, 6) is 0. The van der Waals surface area contributed by atoms with E-state index in [0.717, 1.165) is 11.9 Å². The molecule has 2 aliphatic carbocycles. The Kier molecular flexibility index (Phi) is 3.54. The first kappa shape index (κ1) is 13.1. The number of aromatic nitrogens is 1. The molecule has 1 saturated carbocycles. The zero-order valence-electron chi connectivity index (χ0n) is 12.7. The van der Waals surface area contributed by atoms with Crippen LogP contribution in [-0.2, 0) is 12.8 Å². The summed E-state index contributed by atoms with van der Waals surface area (Å²) >= 11 is 0. The topological polar surface area (TPSA) is 24.9 Å². The average Bonchev–Trinajstić information content (AvgIpc) is 2.55. The molecule has 0 saturated heterocycles. The lowest BCUT2D eigenvalue weighted by molar-refractivity contribution is 0.462.